The van der Waals surface area contributed by atoms with E-state index in [1.807, 2.05) is 25.1 Å². The first-order valence-corrected chi connectivity index (χ1v) is 7.37. The van der Waals surface area contributed by atoms with Crippen molar-refractivity contribution in [3.05, 3.63) is 34.9 Å². The van der Waals surface area contributed by atoms with Crippen molar-refractivity contribution < 1.29 is 14.3 Å². The van der Waals surface area contributed by atoms with Crippen molar-refractivity contribution >= 4 is 11.8 Å². The van der Waals surface area contributed by atoms with Gasteiger partial charge in [-0.25, -0.2) is 10.0 Å². The van der Waals surface area contributed by atoms with Gasteiger partial charge in [0.2, 0.25) is 0 Å². The number of amides is 2. The first-order valence-electron chi connectivity index (χ1n) is 7.37. The monoisotopic (exact) mass is 298 g/mol. The molecular weight excluding hydrogens is 280 g/mol. The van der Waals surface area contributed by atoms with Crippen molar-refractivity contribution in [1.29, 1.82) is 0 Å². The van der Waals surface area contributed by atoms with Gasteiger partial charge in [-0.2, -0.15) is 0 Å². The summed E-state index contributed by atoms with van der Waals surface area (Å²) in [5.74, 6) is 4.79. The molecule has 3 rings (SSSR count). The Morgan fingerprint density at radius 1 is 1.14 bits per heavy atom. The number of rotatable bonds is 1. The van der Waals surface area contributed by atoms with Gasteiger partial charge in [-0.15, -0.1) is 5.92 Å². The van der Waals surface area contributed by atoms with E-state index in [1.165, 1.54) is 10.0 Å². The van der Waals surface area contributed by atoms with E-state index in [1.54, 1.807) is 6.92 Å². The molecule has 1 aromatic rings. The zero-order valence-electron chi connectivity index (χ0n) is 12.8. The third-order valence-corrected chi connectivity index (χ3v) is 4.04. The molecule has 5 nitrogen and oxygen atoms in total. The molecule has 2 amide bonds. The van der Waals surface area contributed by atoms with E-state index < -0.39 is 5.92 Å². The van der Waals surface area contributed by atoms with Crippen molar-refractivity contribution in [1.82, 2.24) is 10.0 Å². The lowest BCUT2D eigenvalue weighted by molar-refractivity contribution is -0.145. The van der Waals surface area contributed by atoms with Crippen LogP contribution in [0.25, 0.3) is 0 Å². The summed E-state index contributed by atoms with van der Waals surface area (Å²) in [4.78, 5) is 25.3. The Morgan fingerprint density at radius 3 is 2.32 bits per heavy atom. The summed E-state index contributed by atoms with van der Waals surface area (Å²) in [7, 11) is 0. The Hall–Kier alpha value is -2.32. The predicted octanol–water partition coefficient (Wildman–Crippen LogP) is 1.07. The number of hydrazine groups is 1. The van der Waals surface area contributed by atoms with Crippen LogP contribution in [-0.2, 0) is 14.3 Å². The summed E-state index contributed by atoms with van der Waals surface area (Å²) in [5, 5.41) is 3.05. The summed E-state index contributed by atoms with van der Waals surface area (Å²) in [5.41, 5.74) is 2.58. The molecule has 0 atom stereocenters. The van der Waals surface area contributed by atoms with Gasteiger partial charge >= 0.3 is 0 Å². The molecule has 1 aromatic carbocycles. The standard InChI is InChI=1S/C17H18N2O3/c1-3-4-13-5-6-14(12(2)11-13)15-16(20)18-7-9-22-10-8-19(18)17(15)21/h5-6,11,15H,7-10H2,1-2H3. The molecule has 2 aliphatic rings. The van der Waals surface area contributed by atoms with Crippen LogP contribution in [0, 0.1) is 18.8 Å². The fourth-order valence-corrected chi connectivity index (χ4v) is 3.00. The highest BCUT2D eigenvalue weighted by molar-refractivity contribution is 6.10. The van der Waals surface area contributed by atoms with Crippen LogP contribution in [0.3, 0.4) is 0 Å². The van der Waals surface area contributed by atoms with Crippen LogP contribution >= 0.6 is 0 Å². The highest BCUT2D eigenvalue weighted by atomic mass is 16.5. The van der Waals surface area contributed by atoms with E-state index in [9.17, 15) is 9.59 Å². The van der Waals surface area contributed by atoms with Gasteiger partial charge in [0.05, 0.1) is 26.3 Å². The van der Waals surface area contributed by atoms with Gasteiger partial charge in [-0.1, -0.05) is 12.0 Å². The van der Waals surface area contributed by atoms with Crippen molar-refractivity contribution in [3.63, 3.8) is 0 Å². The number of nitrogens with zero attached hydrogens (tertiary/aromatic N) is 2. The molecule has 2 heterocycles. The van der Waals surface area contributed by atoms with Crippen LogP contribution in [-0.4, -0.2) is 48.1 Å². The van der Waals surface area contributed by atoms with E-state index in [4.69, 9.17) is 4.74 Å². The minimum absolute atomic E-state index is 0.159. The predicted molar refractivity (Wildman–Crippen MR) is 80.7 cm³/mol. The van der Waals surface area contributed by atoms with Gasteiger partial charge in [0, 0.05) is 5.56 Å². The van der Waals surface area contributed by atoms with Crippen molar-refractivity contribution in [2.45, 2.75) is 19.8 Å². The maximum absolute atomic E-state index is 12.6. The summed E-state index contributed by atoms with van der Waals surface area (Å²) < 4.78 is 5.33. The topological polar surface area (TPSA) is 49.9 Å². The zero-order chi connectivity index (χ0) is 15.7. The largest absolute Gasteiger partial charge is 0.378 e. The summed E-state index contributed by atoms with van der Waals surface area (Å²) in [6.45, 7) is 5.49. The van der Waals surface area contributed by atoms with Crippen LogP contribution in [0.15, 0.2) is 18.2 Å². The molecule has 5 heteroatoms. The maximum Gasteiger partial charge on any atom is 0.258 e. The molecular formula is C17H18N2O3. The lowest BCUT2D eigenvalue weighted by atomic mass is 9.92. The van der Waals surface area contributed by atoms with E-state index in [2.05, 4.69) is 11.8 Å². The summed E-state index contributed by atoms with van der Waals surface area (Å²) in [6, 6.07) is 5.63. The fraction of sp³-hybridized carbons (Fsp3) is 0.412. The van der Waals surface area contributed by atoms with Gasteiger partial charge in [0.15, 0.2) is 0 Å². The number of carbonyl (C=O) groups is 2. The van der Waals surface area contributed by atoms with Gasteiger partial charge in [0.25, 0.3) is 11.8 Å². The maximum atomic E-state index is 12.6. The second-order valence-electron chi connectivity index (χ2n) is 5.41. The average molecular weight is 298 g/mol. The SMILES string of the molecule is CC#Cc1ccc(C2C(=O)N3CCOCCN3C2=O)c(C)c1. The number of benzene rings is 1. The van der Waals surface area contributed by atoms with Crippen LogP contribution < -0.4 is 0 Å². The van der Waals surface area contributed by atoms with Crippen LogP contribution in [0.4, 0.5) is 0 Å². The third kappa shape index (κ3) is 2.36. The first-order chi connectivity index (χ1) is 10.6. The molecule has 0 radical (unpaired) electrons. The molecule has 0 bridgehead atoms. The van der Waals surface area contributed by atoms with Crippen molar-refractivity contribution in [2.24, 2.45) is 0 Å². The lowest BCUT2D eigenvalue weighted by Gasteiger charge is -2.23. The normalized spacial score (nSPS) is 18.8. The highest BCUT2D eigenvalue weighted by Gasteiger charge is 2.47. The quantitative estimate of drug-likeness (QED) is 0.575. The molecule has 114 valence electrons. The van der Waals surface area contributed by atoms with Crippen LogP contribution in [0.5, 0.6) is 0 Å². The minimum atomic E-state index is -0.735. The van der Waals surface area contributed by atoms with Crippen molar-refractivity contribution in [3.8, 4) is 11.8 Å². The van der Waals surface area contributed by atoms with E-state index in [0.717, 1.165) is 16.7 Å². The Kier molecular flexibility index (Phi) is 3.86. The van der Waals surface area contributed by atoms with Crippen LogP contribution in [0.1, 0.15) is 29.5 Å². The smallest absolute Gasteiger partial charge is 0.258 e. The van der Waals surface area contributed by atoms with Gasteiger partial charge in [0.1, 0.15) is 5.92 Å². The third-order valence-electron chi connectivity index (χ3n) is 4.04. The molecule has 0 aromatic heterocycles. The van der Waals surface area contributed by atoms with Gasteiger partial charge in [-0.05, 0) is 37.1 Å². The number of ether oxygens (including phenoxy) is 1. The Balaban J connectivity index is 1.96. The van der Waals surface area contributed by atoms with E-state index in [-0.39, 0.29) is 11.8 Å². The summed E-state index contributed by atoms with van der Waals surface area (Å²) >= 11 is 0. The Bertz CT molecular complexity index is 663. The molecule has 2 fully saturated rings. The molecule has 22 heavy (non-hydrogen) atoms. The van der Waals surface area contributed by atoms with E-state index in [0.29, 0.717) is 26.3 Å². The summed E-state index contributed by atoms with van der Waals surface area (Å²) in [6.07, 6.45) is 0. The van der Waals surface area contributed by atoms with Crippen molar-refractivity contribution in [2.75, 3.05) is 26.3 Å². The van der Waals surface area contributed by atoms with Gasteiger partial charge in [-0.3, -0.25) is 9.59 Å². The first kappa shape index (κ1) is 14.6. The fourth-order valence-electron chi connectivity index (χ4n) is 3.00. The highest BCUT2D eigenvalue weighted by Crippen LogP contribution is 2.31. The minimum Gasteiger partial charge on any atom is -0.378 e. The molecule has 0 saturated carbocycles. The molecule has 0 spiro atoms. The Labute approximate surface area is 129 Å². The molecule has 0 N–H and O–H groups in total. The number of carbonyl (C=O) groups excluding carboxylic acids is 2. The zero-order valence-corrected chi connectivity index (χ0v) is 12.8. The second-order valence-corrected chi connectivity index (χ2v) is 5.41. The number of hydrogen-bond acceptors (Lipinski definition) is 3. The van der Waals surface area contributed by atoms with Crippen LogP contribution in [0.2, 0.25) is 0 Å². The van der Waals surface area contributed by atoms with Gasteiger partial charge < -0.3 is 4.74 Å². The second kappa shape index (κ2) is 5.82. The number of hydrogen-bond donors (Lipinski definition) is 0. The number of aryl methyl sites for hydroxylation is 1. The lowest BCUT2D eigenvalue weighted by Crippen LogP contribution is -2.41. The number of fused-ring (bicyclic) bond motifs is 1. The average Bonchev–Trinajstić information content (AvgIpc) is 2.69. The molecule has 0 unspecified atom stereocenters. The van der Waals surface area contributed by atoms with E-state index >= 15 is 0 Å². The Morgan fingerprint density at radius 2 is 1.77 bits per heavy atom. The molecule has 2 saturated heterocycles. The molecule has 0 aliphatic carbocycles. The molecule has 2 aliphatic heterocycles.